The van der Waals surface area contributed by atoms with Crippen molar-refractivity contribution in [1.29, 1.82) is 0 Å². The molecule has 1 saturated carbocycles. The molecule has 12 heavy (non-hydrogen) atoms. The van der Waals surface area contributed by atoms with E-state index in [9.17, 15) is 5.11 Å². The molecule has 1 N–H and O–H groups in total. The lowest BCUT2D eigenvalue weighted by atomic mass is 9.68. The second kappa shape index (κ2) is 3.37. The molecule has 0 aromatic heterocycles. The Balaban J connectivity index is 2.61. The highest BCUT2D eigenvalue weighted by atomic mass is 16.3. The molecule has 1 rings (SSSR count). The summed E-state index contributed by atoms with van der Waals surface area (Å²) in [7, 11) is 0. The van der Waals surface area contributed by atoms with Gasteiger partial charge in [0.2, 0.25) is 0 Å². The van der Waals surface area contributed by atoms with Gasteiger partial charge in [0.05, 0.1) is 6.10 Å². The lowest BCUT2D eigenvalue weighted by Gasteiger charge is -2.40. The minimum Gasteiger partial charge on any atom is -0.393 e. The molecule has 0 bridgehead atoms. The highest BCUT2D eigenvalue weighted by Gasteiger charge is 2.35. The minimum atomic E-state index is -0.0544. The van der Waals surface area contributed by atoms with Gasteiger partial charge in [0, 0.05) is 0 Å². The van der Waals surface area contributed by atoms with Crippen LogP contribution in [0.5, 0.6) is 0 Å². The average Bonchev–Trinajstić information content (AvgIpc) is 1.92. The first kappa shape index (κ1) is 10.0. The maximum atomic E-state index is 9.82. The van der Waals surface area contributed by atoms with Crippen LogP contribution in [-0.4, -0.2) is 11.2 Å². The predicted octanol–water partition coefficient (Wildman–Crippen LogP) is 2.83. The lowest BCUT2D eigenvalue weighted by molar-refractivity contribution is -0.00511. The average molecular weight is 170 g/mol. The van der Waals surface area contributed by atoms with E-state index < -0.39 is 0 Å². The monoisotopic (exact) mass is 170 g/mol. The summed E-state index contributed by atoms with van der Waals surface area (Å²) in [4.78, 5) is 0. The molecule has 0 aliphatic heterocycles. The Morgan fingerprint density at radius 1 is 1.17 bits per heavy atom. The summed E-state index contributed by atoms with van der Waals surface area (Å²) in [5.41, 5.74) is 0.272. The Labute approximate surface area is 76.2 Å². The Kier molecular flexibility index (Phi) is 2.82. The van der Waals surface area contributed by atoms with Gasteiger partial charge in [-0.25, -0.2) is 0 Å². The maximum Gasteiger partial charge on any atom is 0.0573 e. The van der Waals surface area contributed by atoms with Gasteiger partial charge in [0.15, 0.2) is 0 Å². The summed E-state index contributed by atoms with van der Waals surface area (Å²) in [6, 6.07) is 0. The van der Waals surface area contributed by atoms with Crippen molar-refractivity contribution in [2.45, 2.75) is 53.1 Å². The van der Waals surface area contributed by atoms with E-state index in [1.54, 1.807) is 0 Å². The minimum absolute atomic E-state index is 0.0544. The van der Waals surface area contributed by atoms with Crippen molar-refractivity contribution < 1.29 is 5.11 Å². The smallest absolute Gasteiger partial charge is 0.0573 e. The summed E-state index contributed by atoms with van der Waals surface area (Å²) < 4.78 is 0. The van der Waals surface area contributed by atoms with Crippen molar-refractivity contribution >= 4 is 0 Å². The normalized spacial score (nSPS) is 38.2. The molecule has 0 radical (unpaired) electrons. The highest BCUT2D eigenvalue weighted by Crippen LogP contribution is 2.40. The fourth-order valence-corrected chi connectivity index (χ4v) is 2.30. The summed E-state index contributed by atoms with van der Waals surface area (Å²) >= 11 is 0. The summed E-state index contributed by atoms with van der Waals surface area (Å²) in [6.07, 6.45) is 3.35. The van der Waals surface area contributed by atoms with Gasteiger partial charge in [-0.2, -0.15) is 0 Å². The maximum absolute atomic E-state index is 9.82. The van der Waals surface area contributed by atoms with E-state index in [1.165, 1.54) is 12.8 Å². The van der Waals surface area contributed by atoms with Crippen LogP contribution in [0.4, 0.5) is 0 Å². The van der Waals surface area contributed by atoms with Gasteiger partial charge in [-0.1, -0.05) is 27.7 Å². The molecule has 1 nitrogen and oxygen atoms in total. The van der Waals surface area contributed by atoms with Crippen molar-refractivity contribution in [2.24, 2.45) is 17.3 Å². The Morgan fingerprint density at radius 2 is 1.75 bits per heavy atom. The molecule has 1 aliphatic carbocycles. The second-order valence-corrected chi connectivity index (χ2v) is 5.46. The van der Waals surface area contributed by atoms with E-state index in [2.05, 4.69) is 27.7 Å². The van der Waals surface area contributed by atoms with Crippen LogP contribution in [0.25, 0.3) is 0 Å². The van der Waals surface area contributed by atoms with Crippen LogP contribution < -0.4 is 0 Å². The van der Waals surface area contributed by atoms with Crippen molar-refractivity contribution in [3.05, 3.63) is 0 Å². The van der Waals surface area contributed by atoms with Crippen LogP contribution in [0.3, 0.4) is 0 Å². The molecule has 3 unspecified atom stereocenters. The van der Waals surface area contributed by atoms with Gasteiger partial charge in [0.1, 0.15) is 0 Å². The molecule has 0 amide bonds. The molecular weight excluding hydrogens is 148 g/mol. The van der Waals surface area contributed by atoms with Crippen LogP contribution in [0, 0.1) is 17.3 Å². The topological polar surface area (TPSA) is 20.2 Å². The largest absolute Gasteiger partial charge is 0.393 e. The molecule has 0 heterocycles. The number of aliphatic hydroxyl groups excluding tert-OH is 1. The number of aliphatic hydroxyl groups is 1. The first-order valence-corrected chi connectivity index (χ1v) is 5.09. The third-order valence-electron chi connectivity index (χ3n) is 3.19. The van der Waals surface area contributed by atoms with Crippen LogP contribution >= 0.6 is 0 Å². The summed E-state index contributed by atoms with van der Waals surface area (Å²) in [5, 5.41) is 9.82. The standard InChI is InChI=1S/C11H22O/c1-8-5-6-10(12)9(7-8)11(2,3)4/h8-10,12H,5-7H2,1-4H3. The van der Waals surface area contributed by atoms with Crippen LogP contribution in [0.1, 0.15) is 47.0 Å². The van der Waals surface area contributed by atoms with E-state index in [1.807, 2.05) is 0 Å². The first-order valence-electron chi connectivity index (χ1n) is 5.09. The lowest BCUT2D eigenvalue weighted by Crippen LogP contribution is -2.37. The van der Waals surface area contributed by atoms with E-state index in [-0.39, 0.29) is 11.5 Å². The van der Waals surface area contributed by atoms with Crippen LogP contribution in [0.2, 0.25) is 0 Å². The number of hydrogen-bond donors (Lipinski definition) is 1. The third-order valence-corrected chi connectivity index (χ3v) is 3.19. The third kappa shape index (κ3) is 2.22. The molecule has 0 saturated heterocycles. The van der Waals surface area contributed by atoms with E-state index in [0.717, 1.165) is 12.3 Å². The predicted molar refractivity (Wildman–Crippen MR) is 52.0 cm³/mol. The first-order chi connectivity index (χ1) is 5.41. The zero-order valence-corrected chi connectivity index (χ0v) is 8.80. The second-order valence-electron chi connectivity index (χ2n) is 5.46. The van der Waals surface area contributed by atoms with Gasteiger partial charge in [0.25, 0.3) is 0 Å². The van der Waals surface area contributed by atoms with Gasteiger partial charge >= 0.3 is 0 Å². The highest BCUT2D eigenvalue weighted by molar-refractivity contribution is 4.85. The fraction of sp³-hybridized carbons (Fsp3) is 1.00. The number of hydrogen-bond acceptors (Lipinski definition) is 1. The van der Waals surface area contributed by atoms with Gasteiger partial charge in [-0.15, -0.1) is 0 Å². The SMILES string of the molecule is CC1CCC(O)C(C(C)(C)C)C1. The fourth-order valence-electron chi connectivity index (χ4n) is 2.30. The Bertz CT molecular complexity index is 146. The molecular formula is C11H22O. The van der Waals surface area contributed by atoms with Crippen molar-refractivity contribution in [2.75, 3.05) is 0 Å². The van der Waals surface area contributed by atoms with Crippen molar-refractivity contribution in [3.63, 3.8) is 0 Å². The molecule has 3 atom stereocenters. The molecule has 0 spiro atoms. The molecule has 1 fully saturated rings. The van der Waals surface area contributed by atoms with Gasteiger partial charge in [-0.3, -0.25) is 0 Å². The van der Waals surface area contributed by atoms with Crippen molar-refractivity contribution in [1.82, 2.24) is 0 Å². The van der Waals surface area contributed by atoms with Crippen molar-refractivity contribution in [3.8, 4) is 0 Å². The van der Waals surface area contributed by atoms with Gasteiger partial charge in [-0.05, 0) is 36.5 Å². The Morgan fingerprint density at radius 3 is 2.17 bits per heavy atom. The molecule has 1 heteroatoms. The Hall–Kier alpha value is -0.0400. The van der Waals surface area contributed by atoms with E-state index >= 15 is 0 Å². The zero-order chi connectivity index (χ0) is 9.35. The van der Waals surface area contributed by atoms with Gasteiger partial charge < -0.3 is 5.11 Å². The molecule has 0 aromatic rings. The quantitative estimate of drug-likeness (QED) is 0.592. The van der Waals surface area contributed by atoms with E-state index in [4.69, 9.17) is 0 Å². The number of rotatable bonds is 0. The molecule has 0 aromatic carbocycles. The zero-order valence-electron chi connectivity index (χ0n) is 8.80. The summed E-state index contributed by atoms with van der Waals surface area (Å²) in [6.45, 7) is 9.00. The van der Waals surface area contributed by atoms with Crippen LogP contribution in [-0.2, 0) is 0 Å². The summed E-state index contributed by atoms with van der Waals surface area (Å²) in [5.74, 6) is 1.30. The molecule has 1 aliphatic rings. The van der Waals surface area contributed by atoms with Crippen LogP contribution in [0.15, 0.2) is 0 Å². The molecule has 72 valence electrons. The van der Waals surface area contributed by atoms with E-state index in [0.29, 0.717) is 5.92 Å².